The van der Waals surface area contributed by atoms with Crippen LogP contribution in [-0.2, 0) is 62.8 Å². The topological polar surface area (TPSA) is 144 Å². The number of ether oxygens (including phenoxy) is 2. The number of para-hydroxylation sites is 4. The first-order valence-electron chi connectivity index (χ1n) is 31.5. The number of pyridine rings is 2. The van der Waals surface area contributed by atoms with Gasteiger partial charge in [-0.3, -0.25) is 0 Å². The van der Waals surface area contributed by atoms with Crippen molar-refractivity contribution in [1.29, 1.82) is 0 Å². The Kier molecular flexibility index (Phi) is 23.6. The van der Waals surface area contributed by atoms with Crippen LogP contribution in [0.15, 0.2) is 311 Å². The minimum Gasteiger partial charge on any atom is -0.502 e. The second-order valence-electron chi connectivity index (χ2n) is 23.8. The molecule has 99 heavy (non-hydrogen) atoms. The minimum absolute atomic E-state index is 0. The van der Waals surface area contributed by atoms with Gasteiger partial charge in [-0.1, -0.05) is 174 Å². The molecule has 2 aliphatic rings. The normalized spacial score (nSPS) is 12.4. The SMILES string of the molecule is CC(C)(c1ccc([N-]C=Nc2ccccc2)cc1)c1ccc(Oc2ccc(S(=O)(=O)c3ccc(Oc4ccc(C(C)(C)c5ccc([N-]C=Nc6ccccc6)cc5)cc4)cc3)cc2)cc1.CN1[CH-]N(c2[c-]cccc2)c2ncccc21.CN1[CH-]N(c2[c-]cccc2)c2ncccc21.[Pt].[Pt]. The van der Waals surface area contributed by atoms with Gasteiger partial charge in [-0.25, -0.2) is 18.4 Å². The number of fused-ring (bicyclic) bond motifs is 2. The number of aliphatic imine (C=N–C) groups is 2. The van der Waals surface area contributed by atoms with Crippen LogP contribution in [0.4, 0.5) is 57.1 Å². The summed E-state index contributed by atoms with van der Waals surface area (Å²) in [6.07, 6.45) is 6.76. The molecule has 2 aliphatic heterocycles. The third-order valence-electron chi connectivity index (χ3n) is 16.6. The van der Waals surface area contributed by atoms with Crippen LogP contribution in [0.3, 0.4) is 0 Å². The van der Waals surface area contributed by atoms with Crippen molar-refractivity contribution >= 4 is 79.6 Å². The van der Waals surface area contributed by atoms with Crippen LogP contribution in [0.25, 0.3) is 10.6 Å². The summed E-state index contributed by atoms with van der Waals surface area (Å²) in [6.45, 7) is 12.7. The maximum absolute atomic E-state index is 13.6. The molecule has 504 valence electrons. The van der Waals surface area contributed by atoms with Crippen LogP contribution in [0.2, 0.25) is 0 Å². The molecule has 0 fully saturated rings. The van der Waals surface area contributed by atoms with Gasteiger partial charge in [0.15, 0.2) is 0 Å². The molecule has 0 atom stereocenters. The summed E-state index contributed by atoms with van der Waals surface area (Å²) in [5.74, 6) is 4.24. The summed E-state index contributed by atoms with van der Waals surface area (Å²) in [6, 6.07) is 94.7. The summed E-state index contributed by atoms with van der Waals surface area (Å²) < 4.78 is 39.4. The molecule has 17 heteroatoms. The van der Waals surface area contributed by atoms with E-state index in [0.29, 0.717) is 23.0 Å². The van der Waals surface area contributed by atoms with Crippen molar-refractivity contribution in [2.45, 2.75) is 48.3 Å². The fraction of sp³-hybridized carbons (Fsp3) is 0.0976. The molecule has 0 spiro atoms. The Labute approximate surface area is 609 Å². The summed E-state index contributed by atoms with van der Waals surface area (Å²) in [7, 11) is 0.246. The second-order valence-corrected chi connectivity index (χ2v) is 25.8. The monoisotopic (exact) mass is 1680 g/mol. The largest absolute Gasteiger partial charge is 0.502 e. The van der Waals surface area contributed by atoms with Crippen LogP contribution in [0, 0.1) is 25.5 Å². The molecule has 0 bridgehead atoms. The predicted molar refractivity (Wildman–Crippen MR) is 392 cm³/mol. The molecule has 0 saturated heterocycles. The van der Waals surface area contributed by atoms with E-state index in [4.69, 9.17) is 9.47 Å². The van der Waals surface area contributed by atoms with Crippen LogP contribution in [0.5, 0.6) is 23.0 Å². The van der Waals surface area contributed by atoms with E-state index in [1.54, 1.807) is 61.2 Å². The predicted octanol–water partition coefficient (Wildman–Crippen LogP) is 20.7. The van der Waals surface area contributed by atoms with Crippen LogP contribution in [-0.4, -0.2) is 45.2 Å². The van der Waals surface area contributed by atoms with Gasteiger partial charge in [-0.05, 0) is 156 Å². The molecule has 0 aliphatic carbocycles. The number of sulfone groups is 1. The molecule has 0 unspecified atom stereocenters. The Morgan fingerprint density at radius 1 is 0.414 bits per heavy atom. The van der Waals surface area contributed by atoms with Crippen molar-refractivity contribution in [3.63, 3.8) is 0 Å². The average Bonchev–Trinajstić information content (AvgIpc) is 1.67. The van der Waals surface area contributed by atoms with Crippen LogP contribution in [0.1, 0.15) is 49.9 Å². The maximum atomic E-state index is 13.6. The van der Waals surface area contributed by atoms with Crippen molar-refractivity contribution in [2.75, 3.05) is 33.7 Å². The first-order chi connectivity index (χ1) is 47.1. The van der Waals surface area contributed by atoms with Gasteiger partial charge in [-0.15, -0.1) is 11.4 Å². The van der Waals surface area contributed by atoms with E-state index >= 15 is 0 Å². The Morgan fingerprint density at radius 3 is 1.07 bits per heavy atom. The quantitative estimate of drug-likeness (QED) is 0.0462. The number of nitrogens with zero attached hydrogens (tertiary/aromatic N) is 10. The zero-order valence-corrected chi connectivity index (χ0v) is 60.5. The first-order valence-corrected chi connectivity index (χ1v) is 33.0. The molecule has 14 rings (SSSR count). The second kappa shape index (κ2) is 32.7. The van der Waals surface area contributed by atoms with Gasteiger partial charge in [0.1, 0.15) is 34.6 Å². The summed E-state index contributed by atoms with van der Waals surface area (Å²) in [5, 5.41) is 8.95. The van der Waals surface area contributed by atoms with Gasteiger partial charge < -0.3 is 49.7 Å². The van der Waals surface area contributed by atoms with Crippen LogP contribution < -0.4 is 29.1 Å². The van der Waals surface area contributed by atoms with E-state index in [2.05, 4.69) is 117 Å². The van der Waals surface area contributed by atoms with E-state index in [1.807, 2.05) is 244 Å². The summed E-state index contributed by atoms with van der Waals surface area (Å²) in [4.78, 5) is 26.1. The van der Waals surface area contributed by atoms with Gasteiger partial charge in [0.2, 0.25) is 9.84 Å². The van der Waals surface area contributed by atoms with Gasteiger partial charge in [0.05, 0.1) is 9.79 Å². The first kappa shape index (κ1) is 71.3. The number of benzene rings is 10. The zero-order valence-electron chi connectivity index (χ0n) is 55.2. The summed E-state index contributed by atoms with van der Waals surface area (Å²) >= 11 is 0. The van der Waals surface area contributed by atoms with Gasteiger partial charge in [0, 0.05) is 76.7 Å². The van der Waals surface area contributed by atoms with Crippen molar-refractivity contribution in [2.24, 2.45) is 9.98 Å². The number of hydrogen-bond donors (Lipinski definition) is 0. The number of anilines is 6. The fourth-order valence-electron chi connectivity index (χ4n) is 11.0. The Morgan fingerprint density at radius 2 is 0.737 bits per heavy atom. The fourth-order valence-corrected chi connectivity index (χ4v) is 12.2. The van der Waals surface area contributed by atoms with Crippen molar-refractivity contribution in [3.8, 4) is 23.0 Å². The maximum Gasteiger partial charge on any atom is 0.206 e. The van der Waals surface area contributed by atoms with E-state index < -0.39 is 9.84 Å². The third kappa shape index (κ3) is 17.5. The molecule has 0 radical (unpaired) electrons. The molecule has 0 N–H and O–H groups in total. The van der Waals surface area contributed by atoms with Gasteiger partial charge in [-0.2, -0.15) is 74.0 Å². The number of rotatable bonds is 18. The molecule has 2 aromatic heterocycles. The Bertz CT molecular complexity index is 4420. The molecule has 12 aromatic rings. The number of aromatic nitrogens is 2. The van der Waals surface area contributed by atoms with Crippen LogP contribution >= 0.6 is 0 Å². The molecular weight excluding hydrogens is 1610 g/mol. The van der Waals surface area contributed by atoms with E-state index in [0.717, 1.165) is 79.4 Å². The van der Waals surface area contributed by atoms with E-state index in [1.165, 1.54) is 0 Å². The van der Waals surface area contributed by atoms with Crippen molar-refractivity contribution in [1.82, 2.24) is 9.97 Å². The minimum atomic E-state index is -3.79. The molecule has 0 saturated carbocycles. The van der Waals surface area contributed by atoms with Crippen molar-refractivity contribution < 1.29 is 60.0 Å². The third-order valence-corrected chi connectivity index (χ3v) is 18.4. The smallest absolute Gasteiger partial charge is 0.206 e. The molecular formula is C82H70N10O4Pt2S-6. The summed E-state index contributed by atoms with van der Waals surface area (Å²) in [5.41, 5.74) is 11.6. The average molecular weight is 1680 g/mol. The van der Waals surface area contributed by atoms with E-state index in [9.17, 15) is 8.42 Å². The number of hydrogen-bond acceptors (Lipinski definition) is 12. The molecule has 10 aromatic carbocycles. The van der Waals surface area contributed by atoms with Gasteiger partial charge in [0.25, 0.3) is 0 Å². The Balaban J connectivity index is 0.000000250. The standard InChI is InChI=1S/C56H48N4O4S.2C13H11N3.2Pt/c1-55(2,41-15-23-47(24-16-41)59-39-57-45-11-7-5-8-12-45)43-19-27-49(28-20-43)63-51-31-35-53(36-32-51)65(61,62)54-37-33-52(34-38-54)64-50-29-21-44(22-30-50)56(3,4)42-17-25-48(26-18-42)60-40-58-46-13-9-6-10-14-46;2*1-15-10-16(11-6-3-2-4-7-11)13-12(15)8-5-9-14-13;;/h5-40H,1-4H3;2*2-6,8-10H,1H3;;/q3*-2;;. The molecule has 4 heterocycles. The van der Waals surface area contributed by atoms with E-state index in [-0.39, 0.29) is 62.8 Å². The Hall–Kier alpha value is -10.4. The van der Waals surface area contributed by atoms with Crippen molar-refractivity contribution in [3.05, 3.63) is 350 Å². The van der Waals surface area contributed by atoms with Gasteiger partial charge >= 0.3 is 0 Å². The zero-order chi connectivity index (χ0) is 67.2. The molecule has 14 nitrogen and oxygen atoms in total. The molecule has 0 amide bonds.